The molecule has 0 saturated heterocycles. The molecule has 0 aliphatic rings. The number of ether oxygens (including phenoxy) is 1. The zero-order chi connectivity index (χ0) is 19.8. The lowest BCUT2D eigenvalue weighted by molar-refractivity contribution is -0.127. The molecule has 0 radical (unpaired) electrons. The lowest BCUT2D eigenvalue weighted by Crippen LogP contribution is -2.45. The van der Waals surface area contributed by atoms with Crippen LogP contribution in [0.4, 0.5) is 0 Å². The van der Waals surface area contributed by atoms with E-state index in [1.54, 1.807) is 7.11 Å². The average molecular weight is 368 g/mol. The molecular formula is C22H28N2O3. The van der Waals surface area contributed by atoms with Crippen LogP contribution in [-0.2, 0) is 22.6 Å². The fraction of sp³-hybridized carbons (Fsp3) is 0.364. The van der Waals surface area contributed by atoms with E-state index in [1.165, 1.54) is 6.92 Å². The van der Waals surface area contributed by atoms with Gasteiger partial charge in [0, 0.05) is 12.1 Å². The van der Waals surface area contributed by atoms with Crippen molar-refractivity contribution in [2.45, 2.75) is 32.9 Å². The second kappa shape index (κ2) is 9.88. The van der Waals surface area contributed by atoms with Gasteiger partial charge in [0.1, 0.15) is 5.75 Å². The number of methoxy groups -OCH3 is 1. The first-order valence-electron chi connectivity index (χ1n) is 9.05. The third kappa shape index (κ3) is 6.53. The summed E-state index contributed by atoms with van der Waals surface area (Å²) in [7, 11) is 3.52. The number of likely N-dealkylation sites (N-methyl/N-ethyl adjacent to an activating group) is 1. The van der Waals surface area contributed by atoms with Crippen LogP contribution in [-0.4, -0.2) is 43.3 Å². The van der Waals surface area contributed by atoms with Crippen LogP contribution in [0.15, 0.2) is 48.5 Å². The highest BCUT2D eigenvalue weighted by atomic mass is 16.5. The molecule has 2 aromatic rings. The zero-order valence-corrected chi connectivity index (χ0v) is 16.5. The van der Waals surface area contributed by atoms with E-state index in [9.17, 15) is 9.59 Å². The molecule has 0 bridgehead atoms. The standard InChI is InChI=1S/C22H28N2O3/c1-16-10-11-21(27-4)19(12-16)14-24(3)15-22(26)23-20(17(2)25)13-18-8-6-5-7-9-18/h5-12,20H,13-15H2,1-4H3,(H,23,26)/t20-/m1/s1. The molecule has 0 fully saturated rings. The molecule has 1 atom stereocenters. The molecule has 144 valence electrons. The van der Waals surface area contributed by atoms with Gasteiger partial charge in [-0.3, -0.25) is 14.5 Å². The molecule has 27 heavy (non-hydrogen) atoms. The maximum absolute atomic E-state index is 12.4. The number of nitrogens with one attached hydrogen (secondary N) is 1. The number of hydrogen-bond acceptors (Lipinski definition) is 4. The predicted octanol–water partition coefficient (Wildman–Crippen LogP) is 2.75. The highest BCUT2D eigenvalue weighted by molar-refractivity contribution is 5.88. The number of nitrogens with zero attached hydrogens (tertiary/aromatic N) is 1. The molecule has 2 aromatic carbocycles. The molecule has 0 spiro atoms. The summed E-state index contributed by atoms with van der Waals surface area (Å²) in [6, 6.07) is 15.2. The van der Waals surface area contributed by atoms with E-state index < -0.39 is 6.04 Å². The first-order chi connectivity index (χ1) is 12.9. The van der Waals surface area contributed by atoms with E-state index in [-0.39, 0.29) is 18.2 Å². The quantitative estimate of drug-likeness (QED) is 0.739. The maximum atomic E-state index is 12.4. The normalized spacial score (nSPS) is 11.9. The van der Waals surface area contributed by atoms with Gasteiger partial charge < -0.3 is 10.1 Å². The first-order valence-corrected chi connectivity index (χ1v) is 9.05. The van der Waals surface area contributed by atoms with E-state index >= 15 is 0 Å². The van der Waals surface area contributed by atoms with E-state index in [0.717, 1.165) is 22.4 Å². The van der Waals surface area contributed by atoms with Crippen LogP contribution in [0.3, 0.4) is 0 Å². The minimum Gasteiger partial charge on any atom is -0.496 e. The largest absolute Gasteiger partial charge is 0.496 e. The third-order valence-corrected chi connectivity index (χ3v) is 4.40. The minimum atomic E-state index is -0.512. The Labute approximate surface area is 161 Å². The maximum Gasteiger partial charge on any atom is 0.234 e. The van der Waals surface area contributed by atoms with Crippen molar-refractivity contribution in [2.75, 3.05) is 20.7 Å². The van der Waals surface area contributed by atoms with Gasteiger partial charge in [0.05, 0.1) is 19.7 Å². The number of hydrogen-bond donors (Lipinski definition) is 1. The Balaban J connectivity index is 1.94. The van der Waals surface area contributed by atoms with Gasteiger partial charge in [0.2, 0.25) is 5.91 Å². The van der Waals surface area contributed by atoms with Gasteiger partial charge in [0.25, 0.3) is 0 Å². The number of aryl methyl sites for hydroxylation is 1. The van der Waals surface area contributed by atoms with Crippen LogP contribution in [0.1, 0.15) is 23.6 Å². The van der Waals surface area contributed by atoms with Crippen molar-refractivity contribution in [3.8, 4) is 5.75 Å². The summed E-state index contributed by atoms with van der Waals surface area (Å²) < 4.78 is 5.40. The van der Waals surface area contributed by atoms with Crippen LogP contribution in [0.25, 0.3) is 0 Å². The molecule has 0 aromatic heterocycles. The molecule has 5 heteroatoms. The number of carbonyl (C=O) groups excluding carboxylic acids is 2. The van der Waals surface area contributed by atoms with Crippen molar-refractivity contribution in [2.24, 2.45) is 0 Å². The predicted molar refractivity (Wildman–Crippen MR) is 107 cm³/mol. The Kier molecular flexibility index (Phi) is 7.55. The first kappa shape index (κ1) is 20.6. The van der Waals surface area contributed by atoms with Crippen molar-refractivity contribution >= 4 is 11.7 Å². The van der Waals surface area contributed by atoms with Crippen molar-refractivity contribution in [3.63, 3.8) is 0 Å². The highest BCUT2D eigenvalue weighted by Crippen LogP contribution is 2.20. The van der Waals surface area contributed by atoms with Gasteiger partial charge in [0.15, 0.2) is 5.78 Å². The highest BCUT2D eigenvalue weighted by Gasteiger charge is 2.19. The Morgan fingerprint density at radius 2 is 1.85 bits per heavy atom. The van der Waals surface area contributed by atoms with Gasteiger partial charge in [-0.05, 0) is 38.9 Å². The summed E-state index contributed by atoms with van der Waals surface area (Å²) in [5.41, 5.74) is 3.19. The van der Waals surface area contributed by atoms with Crippen LogP contribution in [0, 0.1) is 6.92 Å². The number of amides is 1. The Hall–Kier alpha value is -2.66. The molecule has 0 unspecified atom stereocenters. The fourth-order valence-electron chi connectivity index (χ4n) is 3.01. The summed E-state index contributed by atoms with van der Waals surface area (Å²) in [4.78, 5) is 26.3. The number of rotatable bonds is 9. The van der Waals surface area contributed by atoms with Crippen molar-refractivity contribution in [1.82, 2.24) is 10.2 Å². The van der Waals surface area contributed by atoms with Crippen molar-refractivity contribution in [3.05, 3.63) is 65.2 Å². The second-order valence-corrected chi connectivity index (χ2v) is 6.91. The monoisotopic (exact) mass is 368 g/mol. The molecular weight excluding hydrogens is 340 g/mol. The van der Waals surface area contributed by atoms with Crippen molar-refractivity contribution in [1.29, 1.82) is 0 Å². The average Bonchev–Trinajstić information content (AvgIpc) is 2.62. The van der Waals surface area contributed by atoms with Crippen LogP contribution in [0.5, 0.6) is 5.75 Å². The minimum absolute atomic E-state index is 0.0461. The molecule has 0 aliphatic heterocycles. The number of benzene rings is 2. The Morgan fingerprint density at radius 3 is 2.48 bits per heavy atom. The lowest BCUT2D eigenvalue weighted by atomic mass is 10.0. The lowest BCUT2D eigenvalue weighted by Gasteiger charge is -2.21. The van der Waals surface area contributed by atoms with Crippen molar-refractivity contribution < 1.29 is 14.3 Å². The van der Waals surface area contributed by atoms with Gasteiger partial charge >= 0.3 is 0 Å². The Bertz CT molecular complexity index is 774. The second-order valence-electron chi connectivity index (χ2n) is 6.91. The summed E-state index contributed by atoms with van der Waals surface area (Å²) in [5, 5.41) is 2.86. The van der Waals surface area contributed by atoms with E-state index in [1.807, 2.05) is 61.3 Å². The number of Topliss-reactive ketones (excluding diaryl/α,β-unsaturated/α-hetero) is 1. The smallest absolute Gasteiger partial charge is 0.234 e. The van der Waals surface area contributed by atoms with Gasteiger partial charge in [-0.15, -0.1) is 0 Å². The Morgan fingerprint density at radius 1 is 1.15 bits per heavy atom. The van der Waals surface area contributed by atoms with Gasteiger partial charge in [-0.2, -0.15) is 0 Å². The topological polar surface area (TPSA) is 58.6 Å². The molecule has 2 rings (SSSR count). The van der Waals surface area contributed by atoms with E-state index in [4.69, 9.17) is 4.74 Å². The molecule has 0 aliphatic carbocycles. The molecule has 1 amide bonds. The SMILES string of the molecule is COc1ccc(C)cc1CN(C)CC(=O)N[C@H](Cc1ccccc1)C(C)=O. The zero-order valence-electron chi connectivity index (χ0n) is 16.5. The molecule has 1 N–H and O–H groups in total. The van der Waals surface area contributed by atoms with Crippen LogP contribution in [0.2, 0.25) is 0 Å². The number of carbonyl (C=O) groups is 2. The third-order valence-electron chi connectivity index (χ3n) is 4.40. The fourth-order valence-corrected chi connectivity index (χ4v) is 3.01. The van der Waals surface area contributed by atoms with E-state index in [2.05, 4.69) is 11.4 Å². The van der Waals surface area contributed by atoms with Gasteiger partial charge in [-0.1, -0.05) is 48.0 Å². The van der Waals surface area contributed by atoms with Crippen LogP contribution < -0.4 is 10.1 Å². The molecule has 0 heterocycles. The summed E-state index contributed by atoms with van der Waals surface area (Å²) in [6.45, 7) is 4.32. The summed E-state index contributed by atoms with van der Waals surface area (Å²) in [5.74, 6) is 0.592. The van der Waals surface area contributed by atoms with E-state index in [0.29, 0.717) is 13.0 Å². The summed E-state index contributed by atoms with van der Waals surface area (Å²) >= 11 is 0. The summed E-state index contributed by atoms with van der Waals surface area (Å²) in [6.07, 6.45) is 0.497. The van der Waals surface area contributed by atoms with Gasteiger partial charge in [-0.25, -0.2) is 0 Å². The van der Waals surface area contributed by atoms with Crippen LogP contribution >= 0.6 is 0 Å². The molecule has 0 saturated carbocycles. The molecule has 5 nitrogen and oxygen atoms in total. The number of ketones is 1.